The van der Waals surface area contributed by atoms with E-state index >= 15 is 0 Å². The quantitative estimate of drug-likeness (QED) is 0.425. The molecule has 3 rings (SSSR count). The molecular weight excluding hydrogens is 430 g/mol. The lowest BCUT2D eigenvalue weighted by Gasteiger charge is -2.28. The number of aromatic amines is 1. The second-order valence-corrected chi connectivity index (χ2v) is 9.17. The van der Waals surface area contributed by atoms with Crippen molar-refractivity contribution in [3.8, 4) is 0 Å². The van der Waals surface area contributed by atoms with E-state index < -0.39 is 11.2 Å². The number of anilines is 2. The first kappa shape index (κ1) is 25.1. The summed E-state index contributed by atoms with van der Waals surface area (Å²) in [7, 11) is 0. The number of nitrogens with two attached hydrogens (primary N) is 1. The molecule has 0 aliphatic rings. The van der Waals surface area contributed by atoms with Crippen molar-refractivity contribution >= 4 is 28.2 Å². The zero-order valence-electron chi connectivity index (χ0n) is 20.4. The van der Waals surface area contributed by atoms with Crippen molar-refractivity contribution in [2.75, 3.05) is 23.7 Å². The van der Waals surface area contributed by atoms with Crippen molar-refractivity contribution in [3.05, 3.63) is 68.9 Å². The molecule has 4 N–H and O–H groups in total. The summed E-state index contributed by atoms with van der Waals surface area (Å²) in [5, 5.41) is 5.28. The number of carbonyl (C=O) groups is 1. The fraction of sp³-hybridized carbons (Fsp3) is 0.423. The van der Waals surface area contributed by atoms with Gasteiger partial charge in [-0.05, 0) is 41.7 Å². The Kier molecular flexibility index (Phi) is 8.15. The summed E-state index contributed by atoms with van der Waals surface area (Å²) in [6.07, 6.45) is 1.63. The topological polar surface area (TPSA) is 113 Å². The Morgan fingerprint density at radius 3 is 2.50 bits per heavy atom. The average Bonchev–Trinajstić information content (AvgIpc) is 2.77. The molecule has 1 amide bonds. The highest BCUT2D eigenvalue weighted by Crippen LogP contribution is 2.21. The molecule has 0 fully saturated rings. The van der Waals surface area contributed by atoms with Crippen molar-refractivity contribution in [2.45, 2.75) is 53.1 Å². The van der Waals surface area contributed by atoms with Crippen LogP contribution in [0, 0.1) is 5.92 Å². The first-order valence-corrected chi connectivity index (χ1v) is 11.9. The van der Waals surface area contributed by atoms with Crippen LogP contribution in [-0.4, -0.2) is 28.5 Å². The molecule has 0 bridgehead atoms. The van der Waals surface area contributed by atoms with Crippen LogP contribution in [0.15, 0.2) is 52.1 Å². The number of amides is 1. The van der Waals surface area contributed by atoms with Gasteiger partial charge in [-0.3, -0.25) is 19.1 Å². The predicted molar refractivity (Wildman–Crippen MR) is 138 cm³/mol. The molecule has 0 radical (unpaired) electrons. The van der Waals surface area contributed by atoms with Gasteiger partial charge >= 0.3 is 5.69 Å². The summed E-state index contributed by atoms with van der Waals surface area (Å²) >= 11 is 0. The summed E-state index contributed by atoms with van der Waals surface area (Å²) in [5.41, 5.74) is 6.34. The molecule has 0 saturated heterocycles. The minimum Gasteiger partial charge on any atom is -0.383 e. The molecule has 0 spiro atoms. The van der Waals surface area contributed by atoms with Crippen LogP contribution in [0.3, 0.4) is 0 Å². The molecule has 3 aromatic rings. The highest BCUT2D eigenvalue weighted by molar-refractivity contribution is 5.85. The number of carbonyl (C=O) groups excluding carboxylic acids is 1. The van der Waals surface area contributed by atoms with Gasteiger partial charge in [0.1, 0.15) is 11.5 Å². The standard InChI is InChI=1S/C26H35N5O3/c1-5-6-13-31-24(27)23(25(33)29-26(31)34)30(15-17(2)3)16-22(32)28-18(4)20-12-11-19-9-7-8-10-21(19)14-20/h7-12,14,17-18H,5-6,13,15-16,27H2,1-4H3,(H,28,32)(H,29,33,34). The van der Waals surface area contributed by atoms with Crippen LogP contribution in [0.2, 0.25) is 0 Å². The Hall–Kier alpha value is -3.55. The SMILES string of the molecule is CCCCn1c(N)c(N(CC(=O)NC(C)c2ccc3ccccc3c2)CC(C)C)c(=O)[nH]c1=O. The van der Waals surface area contributed by atoms with Gasteiger partial charge in [-0.1, -0.05) is 63.6 Å². The highest BCUT2D eigenvalue weighted by Gasteiger charge is 2.22. The number of aromatic nitrogens is 2. The van der Waals surface area contributed by atoms with Gasteiger partial charge in [-0.25, -0.2) is 4.79 Å². The smallest absolute Gasteiger partial charge is 0.330 e. The van der Waals surface area contributed by atoms with Crippen LogP contribution >= 0.6 is 0 Å². The lowest BCUT2D eigenvalue weighted by molar-refractivity contribution is -0.120. The summed E-state index contributed by atoms with van der Waals surface area (Å²) in [6, 6.07) is 14.0. The molecular formula is C26H35N5O3. The third kappa shape index (κ3) is 5.87. The van der Waals surface area contributed by atoms with E-state index in [2.05, 4.69) is 16.4 Å². The lowest BCUT2D eigenvalue weighted by atomic mass is 10.0. The third-order valence-electron chi connectivity index (χ3n) is 5.84. The van der Waals surface area contributed by atoms with Crippen molar-refractivity contribution in [1.82, 2.24) is 14.9 Å². The number of nitrogen functional groups attached to an aromatic ring is 1. The Balaban J connectivity index is 1.84. The first-order chi connectivity index (χ1) is 16.2. The summed E-state index contributed by atoms with van der Waals surface area (Å²) in [4.78, 5) is 42.1. The van der Waals surface area contributed by atoms with Crippen LogP contribution in [0.1, 0.15) is 52.1 Å². The van der Waals surface area contributed by atoms with Crippen LogP contribution in [0.5, 0.6) is 0 Å². The zero-order chi connectivity index (χ0) is 24.8. The van der Waals surface area contributed by atoms with E-state index in [1.165, 1.54) is 4.57 Å². The van der Waals surface area contributed by atoms with Gasteiger partial charge in [0.25, 0.3) is 5.56 Å². The molecule has 0 aliphatic heterocycles. The van der Waals surface area contributed by atoms with E-state index in [1.54, 1.807) is 4.90 Å². The van der Waals surface area contributed by atoms with Crippen molar-refractivity contribution in [3.63, 3.8) is 0 Å². The minimum atomic E-state index is -0.578. The second kappa shape index (κ2) is 11.0. The van der Waals surface area contributed by atoms with Crippen LogP contribution in [0.25, 0.3) is 10.8 Å². The maximum Gasteiger partial charge on any atom is 0.330 e. The fourth-order valence-electron chi connectivity index (χ4n) is 4.12. The fourth-order valence-corrected chi connectivity index (χ4v) is 4.12. The number of fused-ring (bicyclic) bond motifs is 1. The molecule has 2 aromatic carbocycles. The molecule has 0 aliphatic carbocycles. The molecule has 1 aromatic heterocycles. The van der Waals surface area contributed by atoms with E-state index in [1.807, 2.05) is 64.1 Å². The average molecular weight is 466 g/mol. The van der Waals surface area contributed by atoms with Crippen molar-refractivity contribution in [1.29, 1.82) is 0 Å². The molecule has 1 atom stereocenters. The number of unbranched alkanes of at least 4 members (excludes halogenated alkanes) is 1. The van der Waals surface area contributed by atoms with Gasteiger partial charge in [-0.15, -0.1) is 0 Å². The summed E-state index contributed by atoms with van der Waals surface area (Å²) < 4.78 is 1.38. The monoisotopic (exact) mass is 465 g/mol. The molecule has 8 nitrogen and oxygen atoms in total. The summed E-state index contributed by atoms with van der Waals surface area (Å²) in [6.45, 7) is 8.75. The van der Waals surface area contributed by atoms with Crippen LogP contribution in [0.4, 0.5) is 11.5 Å². The lowest BCUT2D eigenvalue weighted by Crippen LogP contribution is -2.44. The number of nitrogens with one attached hydrogen (secondary N) is 2. The van der Waals surface area contributed by atoms with E-state index in [-0.39, 0.29) is 35.9 Å². The third-order valence-corrected chi connectivity index (χ3v) is 5.84. The van der Waals surface area contributed by atoms with E-state index in [0.717, 1.165) is 29.2 Å². The Morgan fingerprint density at radius 1 is 1.12 bits per heavy atom. The maximum absolute atomic E-state index is 13.0. The Morgan fingerprint density at radius 2 is 1.82 bits per heavy atom. The minimum absolute atomic E-state index is 0.0463. The van der Waals surface area contributed by atoms with Gasteiger partial charge in [0.2, 0.25) is 5.91 Å². The number of rotatable bonds is 10. The number of benzene rings is 2. The Labute approximate surface area is 199 Å². The second-order valence-electron chi connectivity index (χ2n) is 9.17. The molecule has 0 saturated carbocycles. The highest BCUT2D eigenvalue weighted by atomic mass is 16.2. The van der Waals surface area contributed by atoms with Gasteiger partial charge < -0.3 is 16.0 Å². The number of H-pyrrole nitrogens is 1. The zero-order valence-corrected chi connectivity index (χ0v) is 20.4. The van der Waals surface area contributed by atoms with Gasteiger partial charge in [0.05, 0.1) is 12.6 Å². The number of hydrogen-bond acceptors (Lipinski definition) is 5. The van der Waals surface area contributed by atoms with Gasteiger partial charge in [0, 0.05) is 13.1 Å². The predicted octanol–water partition coefficient (Wildman–Crippen LogP) is 3.41. The normalized spacial score (nSPS) is 12.1. The molecule has 34 heavy (non-hydrogen) atoms. The Bertz CT molecular complexity index is 1260. The number of nitrogens with zero attached hydrogens (tertiary/aromatic N) is 2. The van der Waals surface area contributed by atoms with E-state index in [9.17, 15) is 14.4 Å². The molecule has 8 heteroatoms. The van der Waals surface area contributed by atoms with Gasteiger partial charge in [-0.2, -0.15) is 0 Å². The molecule has 182 valence electrons. The maximum atomic E-state index is 13.0. The van der Waals surface area contributed by atoms with Crippen molar-refractivity contribution < 1.29 is 4.79 Å². The largest absolute Gasteiger partial charge is 0.383 e. The van der Waals surface area contributed by atoms with E-state index in [4.69, 9.17) is 5.73 Å². The molecule has 1 heterocycles. The molecule has 1 unspecified atom stereocenters. The van der Waals surface area contributed by atoms with Crippen LogP contribution < -0.4 is 27.2 Å². The van der Waals surface area contributed by atoms with Crippen LogP contribution in [-0.2, 0) is 11.3 Å². The number of hydrogen-bond donors (Lipinski definition) is 3. The first-order valence-electron chi connectivity index (χ1n) is 11.9. The van der Waals surface area contributed by atoms with Gasteiger partial charge in [0.15, 0.2) is 0 Å². The van der Waals surface area contributed by atoms with Crippen molar-refractivity contribution in [2.24, 2.45) is 5.92 Å². The summed E-state index contributed by atoms with van der Waals surface area (Å²) in [5.74, 6) is 0.0326. The van der Waals surface area contributed by atoms with E-state index in [0.29, 0.717) is 13.1 Å².